The van der Waals surface area contributed by atoms with Gasteiger partial charge in [0.05, 0.1) is 50.7 Å². The summed E-state index contributed by atoms with van der Waals surface area (Å²) in [5.74, 6) is -0.572. The van der Waals surface area contributed by atoms with Gasteiger partial charge in [0, 0.05) is 5.56 Å². The third kappa shape index (κ3) is 13.6. The summed E-state index contributed by atoms with van der Waals surface area (Å²) in [4.78, 5) is 27.4. The van der Waals surface area contributed by atoms with E-state index in [0.717, 1.165) is 0 Å². The monoisotopic (exact) mass is 1120 g/mol. The van der Waals surface area contributed by atoms with Crippen LogP contribution in [0.15, 0.2) is 122 Å². The van der Waals surface area contributed by atoms with Crippen LogP contribution in [0.4, 0.5) is 105 Å². The highest BCUT2D eigenvalue weighted by molar-refractivity contribution is 7.20. The van der Waals surface area contributed by atoms with Crippen molar-refractivity contribution in [3.63, 3.8) is 0 Å². The number of benzene rings is 5. The summed E-state index contributed by atoms with van der Waals surface area (Å²) in [6.45, 7) is -0.571. The number of Topliss-reactive ketones (excluding diaryl/α,β-unsaturated/α-hetero) is 2. The lowest BCUT2D eigenvalue weighted by Crippen LogP contribution is -2.75. The fourth-order valence-electron chi connectivity index (χ4n) is 7.78. The Labute approximate surface area is 408 Å². The molecule has 0 amide bonds. The topological polar surface area (TPSA) is 71.1 Å². The molecule has 0 radical (unpaired) electrons. The van der Waals surface area contributed by atoms with Gasteiger partial charge < -0.3 is 5.11 Å². The Morgan fingerprint density at radius 3 is 0.908 bits per heavy atom. The van der Waals surface area contributed by atoms with Crippen molar-refractivity contribution in [1.29, 1.82) is 0 Å². The maximum absolute atomic E-state index is 14.2. The van der Waals surface area contributed by atoms with Crippen molar-refractivity contribution in [3.05, 3.63) is 177 Å². The van der Waals surface area contributed by atoms with E-state index in [-0.39, 0.29) is 18.0 Å². The molecule has 0 saturated carbocycles. The number of halogens is 24. The molecule has 5 aromatic carbocycles. The molecule has 0 aliphatic carbocycles. The Hall–Kier alpha value is -7.14. The fraction of sp³-hybridized carbons (Fsp3) is 0.217. The van der Waals surface area contributed by atoms with E-state index in [2.05, 4.69) is 4.98 Å². The number of aliphatic hydroxyl groups is 1. The Morgan fingerprint density at radius 2 is 0.671 bits per heavy atom. The van der Waals surface area contributed by atoms with E-state index in [1.807, 2.05) is 6.07 Å². The third-order valence-electron chi connectivity index (χ3n) is 11.1. The number of carbonyl (C=O) groups is 2. The molecule has 1 aromatic heterocycles. The van der Waals surface area contributed by atoms with Crippen molar-refractivity contribution >= 4 is 39.6 Å². The third-order valence-corrected chi connectivity index (χ3v) is 11.1. The fourth-order valence-corrected chi connectivity index (χ4v) is 7.78. The van der Waals surface area contributed by atoms with Crippen LogP contribution in [0.25, 0.3) is 0 Å². The second-order valence-electron chi connectivity index (χ2n) is 16.2. The van der Waals surface area contributed by atoms with Crippen LogP contribution in [0.5, 0.6) is 0 Å². The normalized spacial score (nSPS) is 13.3. The van der Waals surface area contributed by atoms with Crippen molar-refractivity contribution in [2.75, 3.05) is 6.61 Å². The number of hydrogen-bond donors (Lipinski definition) is 1. The molecule has 1 heterocycles. The minimum Gasteiger partial charge on any atom is -0.388 e. The minimum absolute atomic E-state index is 0.0353. The zero-order chi connectivity index (χ0) is 57.6. The van der Waals surface area contributed by atoms with E-state index in [4.69, 9.17) is 5.11 Å². The molecule has 0 aliphatic rings. The molecule has 6 aromatic rings. The highest BCUT2D eigenvalue weighted by Crippen LogP contribution is 2.41. The maximum atomic E-state index is 14.2. The molecule has 0 spiro atoms. The van der Waals surface area contributed by atoms with E-state index in [9.17, 15) is 115 Å². The number of ketones is 2. The Bertz CT molecular complexity index is 2660. The van der Waals surface area contributed by atoms with Gasteiger partial charge in [0.1, 0.15) is 18.9 Å². The van der Waals surface area contributed by atoms with Gasteiger partial charge in [-0.2, -0.15) is 132 Å². The highest BCUT2D eigenvalue weighted by atomic mass is 19.4. The van der Waals surface area contributed by atoms with Crippen LogP contribution < -0.4 is 26.4 Å². The van der Waals surface area contributed by atoms with Crippen molar-refractivity contribution < 1.29 is 125 Å². The van der Waals surface area contributed by atoms with Crippen LogP contribution in [0.1, 0.15) is 65.4 Å². The number of hydrogen-bond acceptors (Lipinski definition) is 4. The Morgan fingerprint density at radius 1 is 0.408 bits per heavy atom. The first-order valence-electron chi connectivity index (χ1n) is 20.4. The lowest BCUT2D eigenvalue weighted by molar-refractivity contribution is -0.685. The molecule has 76 heavy (non-hydrogen) atoms. The first-order chi connectivity index (χ1) is 34.5. The summed E-state index contributed by atoms with van der Waals surface area (Å²) < 4.78 is 342. The molecule has 0 atom stereocenters. The smallest absolute Gasteiger partial charge is 0.388 e. The number of nitrogens with zero attached hydrogens (tertiary/aromatic N) is 2. The van der Waals surface area contributed by atoms with Crippen LogP contribution in [-0.2, 0) is 56.0 Å². The molecule has 1 N–H and O–H groups in total. The van der Waals surface area contributed by atoms with E-state index >= 15 is 0 Å². The second-order valence-corrected chi connectivity index (χ2v) is 16.2. The van der Waals surface area contributed by atoms with Gasteiger partial charge in [-0.15, -0.1) is 0 Å². The molecule has 30 heteroatoms. The van der Waals surface area contributed by atoms with Gasteiger partial charge in [-0.3, -0.25) is 14.6 Å². The van der Waals surface area contributed by atoms with Crippen LogP contribution in [0.3, 0.4) is 0 Å². The van der Waals surface area contributed by atoms with Crippen LogP contribution >= 0.6 is 0 Å². The van der Waals surface area contributed by atoms with Crippen molar-refractivity contribution in [1.82, 2.24) is 4.98 Å². The summed E-state index contributed by atoms with van der Waals surface area (Å²) in [7, 11) is 0. The van der Waals surface area contributed by atoms with Gasteiger partial charge in [0.25, 0.3) is 11.5 Å². The zero-order valence-corrected chi connectivity index (χ0v) is 36.8. The molecule has 5 nitrogen and oxygen atoms in total. The molecule has 0 unspecified atom stereocenters. The maximum Gasteiger partial charge on any atom is 0.416 e. The number of aromatic nitrogens is 2. The standard InChI is InChI=1S/C32H12BF24.C14H13N2O3/c34-25(35,36)13-1-14(26(37,38)39)6-21(5-13)33(22-7-15(27(40,41)42)2-16(8-22)28(43,44)45,23-9-17(29(46,47)48)3-18(10-23)30(49,50)51)24-11-19(31(52,53)54)4-20(12-24)32(55,56)57;17-10-14(19)12-8-15-6-7-16(12)9-13(18)11-4-2-1-3-5-11/h1-12H;1-8,17H,9-10H2/q-1;+1. The predicted octanol–water partition coefficient (Wildman–Crippen LogP) is 11.6. The molecule has 0 aliphatic heterocycles. The zero-order valence-electron chi connectivity index (χ0n) is 36.8. The summed E-state index contributed by atoms with van der Waals surface area (Å²) >= 11 is 0. The van der Waals surface area contributed by atoms with E-state index < -0.39 is 207 Å². The van der Waals surface area contributed by atoms with E-state index in [1.165, 1.54) is 17.0 Å². The molecule has 0 bridgehead atoms. The number of carbonyl (C=O) groups excluding carboxylic acids is 2. The summed E-state index contributed by atoms with van der Waals surface area (Å²) in [6.07, 6.45) is -50.4. The quantitative estimate of drug-likeness (QED) is 0.0678. The van der Waals surface area contributed by atoms with Crippen LogP contribution in [0.2, 0.25) is 0 Å². The number of alkyl halides is 24. The van der Waals surface area contributed by atoms with Crippen molar-refractivity contribution in [2.45, 2.75) is 56.0 Å². The first kappa shape index (κ1) is 59.7. The van der Waals surface area contributed by atoms with Gasteiger partial charge in [0.15, 0.2) is 6.20 Å². The Kier molecular flexibility index (Phi) is 16.3. The van der Waals surface area contributed by atoms with Crippen molar-refractivity contribution in [2.24, 2.45) is 0 Å². The molecule has 6 rings (SSSR count). The van der Waals surface area contributed by atoms with Gasteiger partial charge in [0.2, 0.25) is 12.3 Å². The van der Waals surface area contributed by atoms with Crippen LogP contribution in [0, 0.1) is 0 Å². The van der Waals surface area contributed by atoms with Crippen LogP contribution in [-0.4, -0.2) is 34.4 Å². The molecule has 408 valence electrons. The van der Waals surface area contributed by atoms with Gasteiger partial charge in [-0.05, 0) is 24.3 Å². The predicted molar refractivity (Wildman–Crippen MR) is 217 cm³/mol. The number of aliphatic hydroxyl groups excluding tert-OH is 1. The first-order valence-corrected chi connectivity index (χ1v) is 20.4. The van der Waals surface area contributed by atoms with Gasteiger partial charge >= 0.3 is 49.4 Å². The Balaban J connectivity index is 0.000000468. The molecule has 0 fully saturated rings. The SMILES string of the molecule is FC(F)(F)c1cc([B-](c2cc(C(F)(F)F)cc(C(F)(F)F)c2)(c2cc(C(F)(F)F)cc(C(F)(F)F)c2)c2cc(C(F)(F)F)cc(C(F)(F)F)c2)cc(C(F)(F)F)c1.O=C(C[n+]1ccncc1C(=O)CO)c1ccccc1. The van der Waals surface area contributed by atoms with Crippen molar-refractivity contribution in [3.8, 4) is 0 Å². The molecular weight excluding hydrogens is 1100 g/mol. The van der Waals surface area contributed by atoms with Gasteiger partial charge in [-0.25, -0.2) is 0 Å². The van der Waals surface area contributed by atoms with E-state index in [0.29, 0.717) is 5.56 Å². The average Bonchev–Trinajstić information content (AvgIpc) is 3.29. The average molecular weight is 1120 g/mol. The molecule has 0 saturated heterocycles. The summed E-state index contributed by atoms with van der Waals surface area (Å²) in [6, 6.07) is 0.0238. The van der Waals surface area contributed by atoms with Gasteiger partial charge in [-0.1, -0.05) is 78.9 Å². The largest absolute Gasteiger partial charge is 0.416 e. The number of rotatable bonds is 9. The minimum atomic E-state index is -6.13. The lowest BCUT2D eigenvalue weighted by atomic mass is 9.12. The highest BCUT2D eigenvalue weighted by Gasteiger charge is 2.47. The summed E-state index contributed by atoms with van der Waals surface area (Å²) in [5, 5.41) is 8.89. The van der Waals surface area contributed by atoms with E-state index in [1.54, 1.807) is 30.5 Å². The summed E-state index contributed by atoms with van der Waals surface area (Å²) in [5.41, 5.74) is -29.4. The lowest BCUT2D eigenvalue weighted by Gasteiger charge is -2.46. The second kappa shape index (κ2) is 20.8. The molecular formula is C46H25BF24N2O3.